The Morgan fingerprint density at radius 2 is 1.88 bits per heavy atom. The Morgan fingerprint density at radius 1 is 1.24 bits per heavy atom. The zero-order valence-corrected chi connectivity index (χ0v) is 9.95. The van der Waals surface area contributed by atoms with Crippen molar-refractivity contribution in [3.05, 3.63) is 0 Å². The van der Waals surface area contributed by atoms with E-state index in [0.717, 1.165) is 32.1 Å². The van der Waals surface area contributed by atoms with E-state index in [2.05, 4.69) is 5.32 Å². The molecule has 0 aromatic carbocycles. The lowest BCUT2D eigenvalue weighted by atomic mass is 10.0. The number of nitrogens with one attached hydrogen (secondary N) is 1. The van der Waals surface area contributed by atoms with Crippen molar-refractivity contribution in [1.29, 1.82) is 0 Å². The van der Waals surface area contributed by atoms with Crippen molar-refractivity contribution < 1.29 is 14.7 Å². The van der Waals surface area contributed by atoms with Gasteiger partial charge in [0.05, 0.1) is 0 Å². The average molecular weight is 237 g/mol. The summed E-state index contributed by atoms with van der Waals surface area (Å²) >= 11 is 0. The van der Waals surface area contributed by atoms with Crippen molar-refractivity contribution in [2.45, 2.75) is 51.0 Å². The summed E-state index contributed by atoms with van der Waals surface area (Å²) in [5, 5.41) is 11.8. The number of hydrogen-bond acceptors (Lipinski definition) is 2. The van der Waals surface area contributed by atoms with E-state index in [4.69, 9.17) is 5.11 Å². The molecule has 0 bridgehead atoms. The molecular formula is C13H19NO3. The summed E-state index contributed by atoms with van der Waals surface area (Å²) < 4.78 is 0. The van der Waals surface area contributed by atoms with Gasteiger partial charge in [-0.15, -0.1) is 0 Å². The van der Waals surface area contributed by atoms with Gasteiger partial charge in [0.25, 0.3) is 0 Å². The Hall–Kier alpha value is -1.06. The van der Waals surface area contributed by atoms with E-state index in [0.29, 0.717) is 0 Å². The lowest BCUT2D eigenvalue weighted by Gasteiger charge is -2.15. The lowest BCUT2D eigenvalue weighted by molar-refractivity contribution is -0.142. The Morgan fingerprint density at radius 3 is 2.41 bits per heavy atom. The van der Waals surface area contributed by atoms with Crippen LogP contribution in [0.25, 0.3) is 0 Å². The first-order valence-electron chi connectivity index (χ1n) is 6.66. The van der Waals surface area contributed by atoms with Gasteiger partial charge in [0.2, 0.25) is 5.91 Å². The second-order valence-electron chi connectivity index (χ2n) is 5.99. The van der Waals surface area contributed by atoms with Crippen molar-refractivity contribution in [2.75, 3.05) is 0 Å². The van der Waals surface area contributed by atoms with Crippen LogP contribution in [0.4, 0.5) is 0 Å². The van der Waals surface area contributed by atoms with Crippen molar-refractivity contribution in [1.82, 2.24) is 5.32 Å². The minimum Gasteiger partial charge on any atom is -0.480 e. The largest absolute Gasteiger partial charge is 0.480 e. The van der Waals surface area contributed by atoms with Crippen molar-refractivity contribution in [2.24, 2.45) is 17.3 Å². The minimum absolute atomic E-state index is 0.00815. The number of rotatable bonds is 4. The minimum atomic E-state index is -0.873. The van der Waals surface area contributed by atoms with Gasteiger partial charge in [-0.2, -0.15) is 0 Å². The van der Waals surface area contributed by atoms with E-state index in [9.17, 15) is 9.59 Å². The van der Waals surface area contributed by atoms with E-state index in [1.54, 1.807) is 0 Å². The number of aliphatic carboxylic acids is 1. The van der Waals surface area contributed by atoms with Crippen LogP contribution in [0.3, 0.4) is 0 Å². The topological polar surface area (TPSA) is 66.4 Å². The molecule has 1 amide bonds. The zero-order valence-electron chi connectivity index (χ0n) is 9.95. The molecule has 3 saturated carbocycles. The van der Waals surface area contributed by atoms with Crippen LogP contribution < -0.4 is 5.32 Å². The maximum atomic E-state index is 12.0. The van der Waals surface area contributed by atoms with E-state index in [-0.39, 0.29) is 23.2 Å². The molecule has 0 heterocycles. The Balaban J connectivity index is 1.58. The van der Waals surface area contributed by atoms with E-state index in [1.165, 1.54) is 12.8 Å². The standard InChI is InChI=1S/C13H19NO3/c15-11(9-7-13(9)5-1-2-6-13)14-10(12(16)17)8-3-4-8/h8-10H,1-7H2,(H,14,15)(H,16,17). The molecule has 3 aliphatic rings. The summed E-state index contributed by atoms with van der Waals surface area (Å²) in [5.74, 6) is -0.603. The second kappa shape index (κ2) is 3.72. The molecule has 3 aliphatic carbocycles. The first-order chi connectivity index (χ1) is 8.12. The molecule has 0 aliphatic heterocycles. The highest BCUT2D eigenvalue weighted by atomic mass is 16.4. The first-order valence-corrected chi connectivity index (χ1v) is 6.66. The molecule has 4 heteroatoms. The Bertz CT molecular complexity index is 356. The summed E-state index contributed by atoms with van der Waals surface area (Å²) in [6.45, 7) is 0. The summed E-state index contributed by atoms with van der Waals surface area (Å²) in [4.78, 5) is 23.1. The number of carboxylic acid groups (broad SMARTS) is 1. The van der Waals surface area contributed by atoms with Gasteiger partial charge in [-0.25, -0.2) is 4.79 Å². The SMILES string of the molecule is O=C(O)C(NC(=O)C1CC12CCCC2)C1CC1. The quantitative estimate of drug-likeness (QED) is 0.779. The van der Waals surface area contributed by atoms with Crippen molar-refractivity contribution >= 4 is 11.9 Å². The molecule has 2 atom stereocenters. The zero-order chi connectivity index (χ0) is 12.0. The summed E-state index contributed by atoms with van der Waals surface area (Å²) in [6.07, 6.45) is 7.64. The van der Waals surface area contributed by atoms with E-state index >= 15 is 0 Å². The van der Waals surface area contributed by atoms with Crippen LogP contribution in [0.15, 0.2) is 0 Å². The van der Waals surface area contributed by atoms with Crippen LogP contribution in [-0.2, 0) is 9.59 Å². The van der Waals surface area contributed by atoms with Crippen molar-refractivity contribution in [3.63, 3.8) is 0 Å². The molecule has 0 aromatic rings. The van der Waals surface area contributed by atoms with Gasteiger partial charge >= 0.3 is 5.97 Å². The van der Waals surface area contributed by atoms with Crippen LogP contribution >= 0.6 is 0 Å². The lowest BCUT2D eigenvalue weighted by Crippen LogP contribution is -2.43. The molecule has 17 heavy (non-hydrogen) atoms. The normalized spacial score (nSPS) is 31.2. The van der Waals surface area contributed by atoms with Crippen LogP contribution in [0.1, 0.15) is 44.9 Å². The number of hydrogen-bond donors (Lipinski definition) is 2. The summed E-state index contributed by atoms with van der Waals surface area (Å²) in [6, 6.07) is -0.637. The highest BCUT2D eigenvalue weighted by Gasteiger charge is 2.59. The predicted molar refractivity (Wildman–Crippen MR) is 61.3 cm³/mol. The van der Waals surface area contributed by atoms with Crippen molar-refractivity contribution in [3.8, 4) is 0 Å². The van der Waals surface area contributed by atoms with Gasteiger partial charge in [0, 0.05) is 5.92 Å². The molecule has 3 fully saturated rings. The molecule has 0 radical (unpaired) electrons. The molecule has 1 spiro atoms. The Labute approximate surface area is 101 Å². The number of carbonyl (C=O) groups is 2. The third-order valence-electron chi connectivity index (χ3n) is 4.76. The van der Waals surface area contributed by atoms with E-state index < -0.39 is 12.0 Å². The molecule has 0 aromatic heterocycles. The van der Waals surface area contributed by atoms with Gasteiger partial charge < -0.3 is 10.4 Å². The molecule has 94 valence electrons. The van der Waals surface area contributed by atoms with Crippen LogP contribution in [0.2, 0.25) is 0 Å². The highest BCUT2D eigenvalue weighted by molar-refractivity contribution is 5.87. The fraction of sp³-hybridized carbons (Fsp3) is 0.846. The monoisotopic (exact) mass is 237 g/mol. The van der Waals surface area contributed by atoms with Crippen LogP contribution in [-0.4, -0.2) is 23.0 Å². The van der Waals surface area contributed by atoms with Crippen LogP contribution in [0, 0.1) is 17.3 Å². The van der Waals surface area contributed by atoms with Crippen LogP contribution in [0.5, 0.6) is 0 Å². The van der Waals surface area contributed by atoms with Gasteiger partial charge in [0.15, 0.2) is 0 Å². The maximum Gasteiger partial charge on any atom is 0.326 e. The highest BCUT2D eigenvalue weighted by Crippen LogP contribution is 2.62. The predicted octanol–water partition coefficient (Wildman–Crippen LogP) is 1.55. The number of amides is 1. The summed E-state index contributed by atoms with van der Waals surface area (Å²) in [7, 11) is 0. The molecular weight excluding hydrogens is 218 g/mol. The number of carboxylic acids is 1. The second-order valence-corrected chi connectivity index (χ2v) is 5.99. The number of carbonyl (C=O) groups excluding carboxylic acids is 1. The molecule has 2 unspecified atom stereocenters. The van der Waals surface area contributed by atoms with Gasteiger partial charge in [-0.1, -0.05) is 12.8 Å². The smallest absolute Gasteiger partial charge is 0.326 e. The Kier molecular flexibility index (Phi) is 2.42. The molecule has 2 N–H and O–H groups in total. The third kappa shape index (κ3) is 1.94. The maximum absolute atomic E-state index is 12.0. The van der Waals surface area contributed by atoms with Gasteiger partial charge in [-0.3, -0.25) is 4.79 Å². The third-order valence-corrected chi connectivity index (χ3v) is 4.76. The fourth-order valence-corrected chi connectivity index (χ4v) is 3.41. The van der Waals surface area contributed by atoms with Gasteiger partial charge in [0.1, 0.15) is 6.04 Å². The summed E-state index contributed by atoms with van der Waals surface area (Å²) in [5.41, 5.74) is 0.261. The first kappa shape index (κ1) is 11.1. The average Bonchev–Trinajstić information content (AvgIpc) is 3.14. The molecule has 4 nitrogen and oxygen atoms in total. The van der Waals surface area contributed by atoms with E-state index in [1.807, 2.05) is 0 Å². The van der Waals surface area contributed by atoms with Gasteiger partial charge in [-0.05, 0) is 43.4 Å². The molecule has 3 rings (SSSR count). The fourth-order valence-electron chi connectivity index (χ4n) is 3.41. The molecule has 0 saturated heterocycles.